The Morgan fingerprint density at radius 1 is 1.17 bits per heavy atom. The lowest BCUT2D eigenvalue weighted by molar-refractivity contribution is 0.663. The number of hydrogen-bond acceptors (Lipinski definition) is 4. The lowest BCUT2D eigenvalue weighted by atomic mass is 9.96. The highest BCUT2D eigenvalue weighted by Crippen LogP contribution is 2.20. The van der Waals surface area contributed by atoms with Gasteiger partial charge < -0.3 is 5.32 Å². The molecule has 120 valence electrons. The van der Waals surface area contributed by atoms with Crippen molar-refractivity contribution in [2.24, 2.45) is 14.1 Å². The summed E-state index contributed by atoms with van der Waals surface area (Å²) in [7, 11) is 2.92. The van der Waals surface area contributed by atoms with Crippen molar-refractivity contribution in [2.45, 2.75) is 19.3 Å². The second kappa shape index (κ2) is 6.97. The largest absolute Gasteiger partial charge is 0.369 e. The van der Waals surface area contributed by atoms with Gasteiger partial charge in [0.15, 0.2) is 5.56 Å². The van der Waals surface area contributed by atoms with Crippen LogP contribution in [0, 0.1) is 11.3 Å². The molecular formula is C17H20N4O2. The maximum Gasteiger partial charge on any atom is 0.332 e. The Labute approximate surface area is 134 Å². The maximum atomic E-state index is 12.1. The third-order valence-electron chi connectivity index (χ3n) is 4.06. The van der Waals surface area contributed by atoms with Gasteiger partial charge in [0.1, 0.15) is 11.9 Å². The van der Waals surface area contributed by atoms with Crippen molar-refractivity contribution >= 4 is 5.82 Å². The summed E-state index contributed by atoms with van der Waals surface area (Å²) in [4.78, 5) is 24.1. The fourth-order valence-electron chi connectivity index (χ4n) is 2.59. The molecule has 0 fully saturated rings. The van der Waals surface area contributed by atoms with Crippen molar-refractivity contribution in [1.82, 2.24) is 9.13 Å². The fourth-order valence-corrected chi connectivity index (χ4v) is 2.59. The van der Waals surface area contributed by atoms with E-state index in [-0.39, 0.29) is 17.3 Å². The molecule has 6 heteroatoms. The Kier molecular flexibility index (Phi) is 5.02. The zero-order chi connectivity index (χ0) is 17.0. The number of nitrogens with zero attached hydrogens (tertiary/aromatic N) is 3. The third kappa shape index (κ3) is 3.19. The number of aromatic nitrogens is 2. The van der Waals surface area contributed by atoms with E-state index in [9.17, 15) is 14.9 Å². The average molecular weight is 312 g/mol. The van der Waals surface area contributed by atoms with Gasteiger partial charge in [0, 0.05) is 26.6 Å². The van der Waals surface area contributed by atoms with Crippen LogP contribution in [-0.2, 0) is 14.1 Å². The normalized spacial score (nSPS) is 11.7. The SMILES string of the molecule is CC[C@H](CNc1c(C#N)c(=O)n(C)c(=O)n1C)c1ccccc1. The molecule has 2 aromatic rings. The molecular weight excluding hydrogens is 292 g/mol. The van der Waals surface area contributed by atoms with Crippen LogP contribution in [0.1, 0.15) is 30.4 Å². The average Bonchev–Trinajstić information content (AvgIpc) is 2.59. The summed E-state index contributed by atoms with van der Waals surface area (Å²) < 4.78 is 2.25. The van der Waals surface area contributed by atoms with E-state index in [4.69, 9.17) is 0 Å². The zero-order valence-electron chi connectivity index (χ0n) is 13.5. The van der Waals surface area contributed by atoms with Gasteiger partial charge in [-0.25, -0.2) is 4.79 Å². The fraction of sp³-hybridized carbons (Fsp3) is 0.353. The van der Waals surface area contributed by atoms with Gasteiger partial charge >= 0.3 is 5.69 Å². The highest BCUT2D eigenvalue weighted by atomic mass is 16.2. The molecule has 1 aromatic heterocycles. The van der Waals surface area contributed by atoms with Crippen LogP contribution in [0.5, 0.6) is 0 Å². The van der Waals surface area contributed by atoms with Crippen LogP contribution in [0.3, 0.4) is 0 Å². The highest BCUT2D eigenvalue weighted by Gasteiger charge is 2.17. The standard InChI is InChI=1S/C17H20N4O2/c1-4-12(13-8-6-5-7-9-13)11-19-15-14(10-18)16(22)21(3)17(23)20(15)2/h5-9,12,19H,4,11H2,1-3H3/t12-/m1/s1. The van der Waals surface area contributed by atoms with Crippen molar-refractivity contribution in [3.05, 3.63) is 62.3 Å². The molecule has 1 atom stereocenters. The molecule has 0 aliphatic rings. The third-order valence-corrected chi connectivity index (χ3v) is 4.06. The van der Waals surface area contributed by atoms with Crippen molar-refractivity contribution in [3.8, 4) is 6.07 Å². The van der Waals surface area contributed by atoms with Gasteiger partial charge in [0.2, 0.25) is 0 Å². The molecule has 1 aromatic carbocycles. The minimum absolute atomic E-state index is 0.0440. The van der Waals surface area contributed by atoms with Gasteiger partial charge in [-0.05, 0) is 12.0 Å². The summed E-state index contributed by atoms with van der Waals surface area (Å²) in [6.07, 6.45) is 0.900. The van der Waals surface area contributed by atoms with Crippen LogP contribution in [0.25, 0.3) is 0 Å². The first-order valence-electron chi connectivity index (χ1n) is 7.50. The number of rotatable bonds is 5. The Morgan fingerprint density at radius 2 is 1.83 bits per heavy atom. The van der Waals surface area contributed by atoms with Crippen molar-refractivity contribution in [2.75, 3.05) is 11.9 Å². The van der Waals surface area contributed by atoms with E-state index in [1.165, 1.54) is 17.2 Å². The zero-order valence-corrected chi connectivity index (χ0v) is 13.5. The molecule has 0 saturated heterocycles. The van der Waals surface area contributed by atoms with Crippen LogP contribution in [0.2, 0.25) is 0 Å². The molecule has 0 radical (unpaired) electrons. The van der Waals surface area contributed by atoms with Crippen molar-refractivity contribution < 1.29 is 0 Å². The van der Waals surface area contributed by atoms with E-state index in [0.29, 0.717) is 6.54 Å². The second-order valence-corrected chi connectivity index (χ2v) is 5.44. The molecule has 0 aliphatic carbocycles. The monoisotopic (exact) mass is 312 g/mol. The minimum atomic E-state index is -0.578. The number of nitriles is 1. The minimum Gasteiger partial charge on any atom is -0.369 e. The summed E-state index contributed by atoms with van der Waals surface area (Å²) in [5, 5.41) is 12.4. The Bertz CT molecular complexity index is 844. The molecule has 0 spiro atoms. The topological polar surface area (TPSA) is 79.8 Å². The van der Waals surface area contributed by atoms with Crippen LogP contribution in [-0.4, -0.2) is 15.7 Å². The van der Waals surface area contributed by atoms with Crippen molar-refractivity contribution in [3.63, 3.8) is 0 Å². The first-order valence-corrected chi connectivity index (χ1v) is 7.50. The van der Waals surface area contributed by atoms with E-state index >= 15 is 0 Å². The maximum absolute atomic E-state index is 12.1. The predicted molar refractivity (Wildman–Crippen MR) is 89.6 cm³/mol. The highest BCUT2D eigenvalue weighted by molar-refractivity contribution is 5.51. The molecule has 2 rings (SSSR count). The molecule has 23 heavy (non-hydrogen) atoms. The smallest absolute Gasteiger partial charge is 0.332 e. The van der Waals surface area contributed by atoms with Gasteiger partial charge in [-0.2, -0.15) is 5.26 Å². The number of hydrogen-bond donors (Lipinski definition) is 1. The molecule has 0 bridgehead atoms. The van der Waals surface area contributed by atoms with E-state index in [2.05, 4.69) is 12.2 Å². The van der Waals surface area contributed by atoms with Gasteiger partial charge in [0.25, 0.3) is 5.56 Å². The summed E-state index contributed by atoms with van der Waals surface area (Å²) in [5.74, 6) is 0.497. The van der Waals surface area contributed by atoms with Crippen molar-refractivity contribution in [1.29, 1.82) is 5.26 Å². The van der Waals surface area contributed by atoms with Gasteiger partial charge in [0.05, 0.1) is 0 Å². The lowest BCUT2D eigenvalue weighted by Gasteiger charge is -2.19. The van der Waals surface area contributed by atoms with Gasteiger partial charge in [-0.3, -0.25) is 13.9 Å². The summed E-state index contributed by atoms with van der Waals surface area (Å²) in [6, 6.07) is 11.9. The van der Waals surface area contributed by atoms with Gasteiger partial charge in [-0.15, -0.1) is 0 Å². The molecule has 0 saturated carbocycles. The van der Waals surface area contributed by atoms with Crippen LogP contribution >= 0.6 is 0 Å². The first-order chi connectivity index (χ1) is 11.0. The predicted octanol–water partition coefficient (Wildman–Crippen LogP) is 1.56. The first kappa shape index (κ1) is 16.6. The van der Waals surface area contributed by atoms with E-state index in [1.54, 1.807) is 7.05 Å². The van der Waals surface area contributed by atoms with E-state index < -0.39 is 11.2 Å². The van der Waals surface area contributed by atoms with Crippen LogP contribution in [0.15, 0.2) is 39.9 Å². The summed E-state index contributed by atoms with van der Waals surface area (Å²) >= 11 is 0. The number of anilines is 1. The van der Waals surface area contributed by atoms with Crippen LogP contribution in [0.4, 0.5) is 5.82 Å². The van der Waals surface area contributed by atoms with Gasteiger partial charge in [-0.1, -0.05) is 37.3 Å². The Balaban J connectivity index is 2.36. The summed E-state index contributed by atoms with van der Waals surface area (Å²) in [6.45, 7) is 2.61. The number of nitrogens with one attached hydrogen (secondary N) is 1. The molecule has 6 nitrogen and oxygen atoms in total. The Morgan fingerprint density at radius 3 is 2.39 bits per heavy atom. The molecule has 0 unspecified atom stereocenters. The second-order valence-electron chi connectivity index (χ2n) is 5.44. The number of benzene rings is 1. The summed E-state index contributed by atoms with van der Waals surface area (Å²) in [5.41, 5.74) is 0.0995. The van der Waals surface area contributed by atoms with Crippen LogP contribution < -0.4 is 16.6 Å². The molecule has 0 amide bonds. The lowest BCUT2D eigenvalue weighted by Crippen LogP contribution is -2.40. The molecule has 1 N–H and O–H groups in total. The Hall–Kier alpha value is -2.81. The van der Waals surface area contributed by atoms with E-state index in [0.717, 1.165) is 11.0 Å². The molecule has 0 aliphatic heterocycles. The quantitative estimate of drug-likeness (QED) is 0.908. The molecule has 1 heterocycles. The van der Waals surface area contributed by atoms with E-state index in [1.807, 2.05) is 36.4 Å².